The van der Waals surface area contributed by atoms with E-state index in [2.05, 4.69) is 0 Å². The van der Waals surface area contributed by atoms with E-state index < -0.39 is 37.4 Å². The van der Waals surface area contributed by atoms with Crippen LogP contribution in [0.3, 0.4) is 0 Å². The summed E-state index contributed by atoms with van der Waals surface area (Å²) >= 11 is 11.5. The Balaban J connectivity index is 2.43. The lowest BCUT2D eigenvalue weighted by molar-refractivity contribution is 0.0696. The van der Waals surface area contributed by atoms with Gasteiger partial charge in [-0.15, -0.1) is 0 Å². The van der Waals surface area contributed by atoms with Crippen molar-refractivity contribution in [2.45, 2.75) is 4.90 Å². The van der Waals surface area contributed by atoms with Gasteiger partial charge in [0, 0.05) is 5.56 Å². The minimum Gasteiger partial charge on any atom is -0.478 e. The molecule has 0 radical (unpaired) electrons. The van der Waals surface area contributed by atoms with Gasteiger partial charge in [-0.2, -0.15) is 0 Å². The largest absolute Gasteiger partial charge is 0.478 e. The molecule has 0 aliphatic heterocycles. The molecule has 0 fully saturated rings. The summed E-state index contributed by atoms with van der Waals surface area (Å²) in [6.45, 7) is 0. The molecule has 0 bridgehead atoms. The number of halogens is 2. The number of hydrogen-bond donors (Lipinski definition) is 2. The van der Waals surface area contributed by atoms with E-state index in [9.17, 15) is 18.0 Å². The maximum absolute atomic E-state index is 12.3. The van der Waals surface area contributed by atoms with E-state index in [1.165, 1.54) is 12.1 Å². The second-order valence-corrected chi connectivity index (χ2v) is 6.78. The number of benzene rings is 2. The Hall–Kier alpha value is -2.09. The first-order chi connectivity index (χ1) is 10.7. The molecule has 0 heterocycles. The summed E-state index contributed by atoms with van der Waals surface area (Å²) in [4.78, 5) is 22.5. The Morgan fingerprint density at radius 2 is 1.61 bits per heavy atom. The van der Waals surface area contributed by atoms with Gasteiger partial charge >= 0.3 is 5.97 Å². The molecule has 6 nitrogen and oxygen atoms in total. The van der Waals surface area contributed by atoms with Crippen molar-refractivity contribution in [3.8, 4) is 0 Å². The first-order valence-electron chi connectivity index (χ1n) is 6.07. The summed E-state index contributed by atoms with van der Waals surface area (Å²) in [5.41, 5.74) is -0.428. The van der Waals surface area contributed by atoms with Crippen LogP contribution in [0.15, 0.2) is 47.4 Å². The third-order valence-electron chi connectivity index (χ3n) is 2.82. The average Bonchev–Trinajstić information content (AvgIpc) is 2.47. The maximum Gasteiger partial charge on any atom is 0.338 e. The molecule has 120 valence electrons. The molecule has 0 unspecified atom stereocenters. The highest BCUT2D eigenvalue weighted by atomic mass is 35.5. The highest BCUT2D eigenvalue weighted by Crippen LogP contribution is 2.31. The van der Waals surface area contributed by atoms with Gasteiger partial charge in [-0.25, -0.2) is 17.9 Å². The third-order valence-corrected chi connectivity index (χ3v) is 5.02. The lowest BCUT2D eigenvalue weighted by Crippen LogP contribution is -2.31. The number of nitrogens with one attached hydrogen (secondary N) is 1. The van der Waals surface area contributed by atoms with E-state index in [1.807, 2.05) is 4.72 Å². The molecule has 0 saturated carbocycles. The van der Waals surface area contributed by atoms with Gasteiger partial charge < -0.3 is 5.11 Å². The maximum atomic E-state index is 12.3. The smallest absolute Gasteiger partial charge is 0.338 e. The van der Waals surface area contributed by atoms with Gasteiger partial charge in [-0.1, -0.05) is 41.4 Å². The van der Waals surface area contributed by atoms with Crippen LogP contribution < -0.4 is 4.72 Å². The van der Waals surface area contributed by atoms with Crippen LogP contribution in [-0.2, 0) is 10.0 Å². The minimum atomic E-state index is -4.36. The standard InChI is InChI=1S/C14H9Cl2NO5S/c15-9-6-7-10(12(16)11(9)14(19)20)23(21,22)17-13(18)8-4-2-1-3-5-8/h1-7H,(H,17,18)(H,19,20). The van der Waals surface area contributed by atoms with Crippen LogP contribution in [0.2, 0.25) is 10.0 Å². The van der Waals surface area contributed by atoms with Crippen molar-refractivity contribution < 1.29 is 23.1 Å². The van der Waals surface area contributed by atoms with Gasteiger partial charge in [-0.3, -0.25) is 4.79 Å². The van der Waals surface area contributed by atoms with Crippen LogP contribution in [0.4, 0.5) is 0 Å². The molecule has 9 heteroatoms. The SMILES string of the molecule is O=C(NS(=O)(=O)c1ccc(Cl)c(C(=O)O)c1Cl)c1ccccc1. The number of carbonyl (C=O) groups excluding carboxylic acids is 1. The number of carbonyl (C=O) groups is 2. The lowest BCUT2D eigenvalue weighted by atomic mass is 10.2. The molecule has 2 N–H and O–H groups in total. The van der Waals surface area contributed by atoms with E-state index >= 15 is 0 Å². The highest BCUT2D eigenvalue weighted by molar-refractivity contribution is 7.90. The third kappa shape index (κ3) is 3.64. The fraction of sp³-hybridized carbons (Fsp3) is 0. The second-order valence-electron chi connectivity index (χ2n) is 4.34. The topological polar surface area (TPSA) is 101 Å². The zero-order valence-corrected chi connectivity index (χ0v) is 13.6. The molecular weight excluding hydrogens is 365 g/mol. The summed E-state index contributed by atoms with van der Waals surface area (Å²) in [5.74, 6) is -2.35. The van der Waals surface area contributed by atoms with Gasteiger partial charge in [0.15, 0.2) is 0 Å². The van der Waals surface area contributed by atoms with Gasteiger partial charge in [0.2, 0.25) is 0 Å². The quantitative estimate of drug-likeness (QED) is 0.857. The van der Waals surface area contributed by atoms with Gasteiger partial charge in [-0.05, 0) is 24.3 Å². The predicted molar refractivity (Wildman–Crippen MR) is 84.5 cm³/mol. The molecule has 0 spiro atoms. The number of rotatable bonds is 4. The van der Waals surface area contributed by atoms with Crippen molar-refractivity contribution in [2.24, 2.45) is 0 Å². The number of amides is 1. The molecule has 0 atom stereocenters. The van der Waals surface area contributed by atoms with Crippen LogP contribution in [0.5, 0.6) is 0 Å². The van der Waals surface area contributed by atoms with Crippen molar-refractivity contribution >= 4 is 45.1 Å². The van der Waals surface area contributed by atoms with Crippen LogP contribution in [0.1, 0.15) is 20.7 Å². The summed E-state index contributed by atoms with van der Waals surface area (Å²) in [6.07, 6.45) is 0. The van der Waals surface area contributed by atoms with Crippen molar-refractivity contribution in [1.29, 1.82) is 0 Å². The van der Waals surface area contributed by atoms with Crippen molar-refractivity contribution in [3.05, 3.63) is 63.6 Å². The molecule has 0 saturated heterocycles. The first kappa shape index (κ1) is 17.3. The molecule has 0 aliphatic carbocycles. The number of aromatic carboxylic acids is 1. The van der Waals surface area contributed by atoms with Crippen LogP contribution in [0.25, 0.3) is 0 Å². The molecule has 2 rings (SSSR count). The highest BCUT2D eigenvalue weighted by Gasteiger charge is 2.26. The van der Waals surface area contributed by atoms with E-state index in [4.69, 9.17) is 28.3 Å². The summed E-state index contributed by atoms with van der Waals surface area (Å²) in [6, 6.07) is 9.77. The van der Waals surface area contributed by atoms with E-state index in [-0.39, 0.29) is 10.6 Å². The molecule has 0 aromatic heterocycles. The van der Waals surface area contributed by atoms with Gasteiger partial charge in [0.25, 0.3) is 15.9 Å². The van der Waals surface area contributed by atoms with E-state index in [1.54, 1.807) is 18.2 Å². The van der Waals surface area contributed by atoms with Crippen molar-refractivity contribution in [3.63, 3.8) is 0 Å². The van der Waals surface area contributed by atoms with Crippen LogP contribution in [-0.4, -0.2) is 25.4 Å². The molecule has 2 aromatic rings. The minimum absolute atomic E-state index is 0.125. The Morgan fingerprint density at radius 3 is 2.17 bits per heavy atom. The van der Waals surface area contributed by atoms with Gasteiger partial charge in [0.05, 0.1) is 15.6 Å². The normalized spacial score (nSPS) is 11.0. The Kier molecular flexibility index (Phi) is 4.93. The molecular formula is C14H9Cl2NO5S. The zero-order valence-electron chi connectivity index (χ0n) is 11.3. The first-order valence-corrected chi connectivity index (χ1v) is 8.31. The molecule has 0 aliphatic rings. The molecule has 1 amide bonds. The Morgan fingerprint density at radius 1 is 1.00 bits per heavy atom. The van der Waals surface area contributed by atoms with Crippen molar-refractivity contribution in [2.75, 3.05) is 0 Å². The fourth-order valence-electron chi connectivity index (χ4n) is 1.76. The number of hydrogen-bond acceptors (Lipinski definition) is 4. The van der Waals surface area contributed by atoms with E-state index in [0.717, 1.165) is 12.1 Å². The summed E-state index contributed by atoms with van der Waals surface area (Å²) < 4.78 is 26.4. The number of carboxylic acid groups (broad SMARTS) is 1. The van der Waals surface area contributed by atoms with Gasteiger partial charge in [0.1, 0.15) is 4.90 Å². The number of sulfonamides is 1. The Bertz CT molecular complexity index is 882. The molecule has 23 heavy (non-hydrogen) atoms. The zero-order chi connectivity index (χ0) is 17.2. The predicted octanol–water partition coefficient (Wildman–Crippen LogP) is 2.81. The van der Waals surface area contributed by atoms with E-state index in [0.29, 0.717) is 0 Å². The monoisotopic (exact) mass is 373 g/mol. The van der Waals surface area contributed by atoms with Crippen LogP contribution in [0, 0.1) is 0 Å². The average molecular weight is 374 g/mol. The Labute approximate surface area is 141 Å². The van der Waals surface area contributed by atoms with Crippen LogP contribution >= 0.6 is 23.2 Å². The second kappa shape index (κ2) is 6.57. The fourth-order valence-corrected chi connectivity index (χ4v) is 3.66. The summed E-state index contributed by atoms with van der Waals surface area (Å²) in [7, 11) is -4.36. The summed E-state index contributed by atoms with van der Waals surface area (Å²) in [5, 5.41) is 8.26. The molecule has 2 aromatic carbocycles. The van der Waals surface area contributed by atoms with Crippen molar-refractivity contribution in [1.82, 2.24) is 4.72 Å². The number of carboxylic acids is 1. The lowest BCUT2D eigenvalue weighted by Gasteiger charge is -2.11.